The van der Waals surface area contributed by atoms with Gasteiger partial charge in [0.1, 0.15) is 11.4 Å². The molecular formula is C20H28N5O5PS2. The SMILES string of the molecule is CC(C)C[C@H](CO)Nc1nc(S[C@@H](C)c2ccccc2)nc2c1sc(=N)n2COP(=O)(O)O. The summed E-state index contributed by atoms with van der Waals surface area (Å²) in [6.45, 7) is 5.54. The maximum Gasteiger partial charge on any atom is 0.471 e. The highest BCUT2D eigenvalue weighted by molar-refractivity contribution is 7.99. The summed E-state index contributed by atoms with van der Waals surface area (Å²) in [6, 6.07) is 9.64. The molecule has 2 aromatic heterocycles. The fraction of sp³-hybridized carbons (Fsp3) is 0.450. The number of benzene rings is 1. The maximum absolute atomic E-state index is 11.2. The molecule has 2 heterocycles. The summed E-state index contributed by atoms with van der Waals surface area (Å²) < 4.78 is 17.7. The second kappa shape index (κ2) is 11.1. The molecule has 13 heteroatoms. The van der Waals surface area contributed by atoms with E-state index in [4.69, 9.17) is 15.2 Å². The van der Waals surface area contributed by atoms with Gasteiger partial charge >= 0.3 is 7.82 Å². The van der Waals surface area contributed by atoms with E-state index in [9.17, 15) is 9.67 Å². The number of hydrogen-bond acceptors (Lipinski definition) is 9. The minimum Gasteiger partial charge on any atom is -0.394 e. The number of thioether (sulfide) groups is 1. The van der Waals surface area contributed by atoms with Crippen LogP contribution in [0.25, 0.3) is 10.3 Å². The van der Waals surface area contributed by atoms with E-state index in [1.807, 2.05) is 37.3 Å². The molecule has 0 saturated heterocycles. The van der Waals surface area contributed by atoms with E-state index in [0.29, 0.717) is 33.7 Å². The summed E-state index contributed by atoms with van der Waals surface area (Å²) in [5, 5.41) is 21.9. The van der Waals surface area contributed by atoms with E-state index < -0.39 is 14.6 Å². The number of aliphatic hydroxyl groups excluding tert-OH is 1. The zero-order valence-electron chi connectivity index (χ0n) is 18.5. The van der Waals surface area contributed by atoms with E-state index in [0.717, 1.165) is 16.9 Å². The highest BCUT2D eigenvalue weighted by Gasteiger charge is 2.22. The smallest absolute Gasteiger partial charge is 0.394 e. The first-order valence-electron chi connectivity index (χ1n) is 10.3. The van der Waals surface area contributed by atoms with Crippen molar-refractivity contribution < 1.29 is 24.0 Å². The number of nitrogens with one attached hydrogen (secondary N) is 2. The van der Waals surface area contributed by atoms with Crippen molar-refractivity contribution in [3.8, 4) is 0 Å². The molecule has 0 fully saturated rings. The molecule has 33 heavy (non-hydrogen) atoms. The molecule has 0 aliphatic carbocycles. The van der Waals surface area contributed by atoms with Crippen LogP contribution in [0.2, 0.25) is 0 Å². The van der Waals surface area contributed by atoms with Crippen LogP contribution in [0, 0.1) is 11.3 Å². The average Bonchev–Trinajstić information content (AvgIpc) is 3.06. The van der Waals surface area contributed by atoms with Crippen molar-refractivity contribution in [3.63, 3.8) is 0 Å². The Kier molecular flexibility index (Phi) is 8.68. The Hall–Kier alpha value is -1.79. The number of fused-ring (bicyclic) bond motifs is 1. The second-order valence-electron chi connectivity index (χ2n) is 7.92. The minimum absolute atomic E-state index is 0.0125. The molecular weight excluding hydrogens is 485 g/mol. The molecule has 2 atom stereocenters. The second-order valence-corrected chi connectivity index (χ2v) is 11.5. The Morgan fingerprint density at radius 1 is 1.24 bits per heavy atom. The van der Waals surface area contributed by atoms with Crippen molar-refractivity contribution in [2.24, 2.45) is 5.92 Å². The Labute approximate surface area is 199 Å². The van der Waals surface area contributed by atoms with Crippen molar-refractivity contribution in [2.45, 2.75) is 50.4 Å². The molecule has 0 unspecified atom stereocenters. The van der Waals surface area contributed by atoms with Gasteiger partial charge in [-0.25, -0.2) is 14.5 Å². The number of rotatable bonds is 11. The number of phosphoric ester groups is 1. The number of thiazole rings is 1. The van der Waals surface area contributed by atoms with Crippen molar-refractivity contribution in [1.82, 2.24) is 14.5 Å². The van der Waals surface area contributed by atoms with Gasteiger partial charge in [0.15, 0.2) is 21.4 Å². The molecule has 0 radical (unpaired) electrons. The van der Waals surface area contributed by atoms with E-state index in [-0.39, 0.29) is 22.7 Å². The van der Waals surface area contributed by atoms with Gasteiger partial charge in [0.2, 0.25) is 0 Å². The standard InChI is InChI=1S/C20H28N5O5PS2/c1-12(2)9-15(10-26)22-17-16-18(25(19(21)33-16)11-30-31(27,28)29)24-20(23-17)32-13(3)14-7-5-4-6-8-14/h4-8,12-13,15,21,26H,9-11H2,1-3H3,(H,22,23,24)(H2,27,28,29)/t13-,15+/m0/s1. The molecule has 1 aromatic carbocycles. The van der Waals surface area contributed by atoms with Crippen molar-refractivity contribution >= 4 is 47.1 Å². The van der Waals surface area contributed by atoms with Crippen LogP contribution >= 0.6 is 30.9 Å². The van der Waals surface area contributed by atoms with Crippen molar-refractivity contribution in [2.75, 3.05) is 11.9 Å². The van der Waals surface area contributed by atoms with Gasteiger partial charge in [-0.3, -0.25) is 14.5 Å². The zero-order valence-corrected chi connectivity index (χ0v) is 21.0. The van der Waals surface area contributed by atoms with E-state index in [1.54, 1.807) is 0 Å². The number of aliphatic hydroxyl groups is 1. The topological polar surface area (TPSA) is 154 Å². The predicted octanol–water partition coefficient (Wildman–Crippen LogP) is 3.71. The molecule has 180 valence electrons. The monoisotopic (exact) mass is 513 g/mol. The summed E-state index contributed by atoms with van der Waals surface area (Å²) in [5.41, 5.74) is 1.43. The van der Waals surface area contributed by atoms with Gasteiger partial charge < -0.3 is 20.2 Å². The van der Waals surface area contributed by atoms with Gasteiger partial charge in [-0.1, -0.05) is 67.3 Å². The molecule has 10 nitrogen and oxygen atoms in total. The first kappa shape index (κ1) is 25.8. The van der Waals surface area contributed by atoms with Crippen LogP contribution < -0.4 is 10.1 Å². The van der Waals surface area contributed by atoms with Gasteiger partial charge in [0.25, 0.3) is 0 Å². The first-order chi connectivity index (χ1) is 15.6. The number of nitrogens with zero attached hydrogens (tertiary/aromatic N) is 3. The van der Waals surface area contributed by atoms with Gasteiger partial charge in [-0.15, -0.1) is 0 Å². The van der Waals surface area contributed by atoms with Gasteiger partial charge in [-0.05, 0) is 24.8 Å². The molecule has 0 aliphatic heterocycles. The highest BCUT2D eigenvalue weighted by Crippen LogP contribution is 2.38. The van der Waals surface area contributed by atoms with E-state index in [1.165, 1.54) is 16.3 Å². The summed E-state index contributed by atoms with van der Waals surface area (Å²) in [6.07, 6.45) is 0.714. The van der Waals surface area contributed by atoms with Crippen LogP contribution in [-0.4, -0.2) is 42.1 Å². The fourth-order valence-electron chi connectivity index (χ4n) is 3.24. The fourth-order valence-corrected chi connectivity index (χ4v) is 5.29. The van der Waals surface area contributed by atoms with Crippen LogP contribution in [0.4, 0.5) is 5.82 Å². The molecule has 0 bridgehead atoms. The quantitative estimate of drug-likeness (QED) is 0.147. The summed E-state index contributed by atoms with van der Waals surface area (Å²) in [4.78, 5) is 27.5. The molecule has 3 rings (SSSR count). The van der Waals surface area contributed by atoms with Crippen LogP contribution in [0.3, 0.4) is 0 Å². The minimum atomic E-state index is -4.73. The number of aromatic nitrogens is 3. The lowest BCUT2D eigenvalue weighted by atomic mass is 10.0. The molecule has 0 aliphatic rings. The Bertz CT molecular complexity index is 1180. The summed E-state index contributed by atoms with van der Waals surface area (Å²) >= 11 is 2.50. The molecule has 0 saturated carbocycles. The lowest BCUT2D eigenvalue weighted by Crippen LogP contribution is -2.26. The zero-order chi connectivity index (χ0) is 24.2. The number of phosphoric acid groups is 1. The number of hydrogen-bond donors (Lipinski definition) is 5. The maximum atomic E-state index is 11.2. The van der Waals surface area contributed by atoms with E-state index >= 15 is 0 Å². The molecule has 0 amide bonds. The molecule has 5 N–H and O–H groups in total. The molecule has 3 aromatic rings. The summed E-state index contributed by atoms with van der Waals surface area (Å²) in [5.74, 6) is 0.812. The van der Waals surface area contributed by atoms with Crippen molar-refractivity contribution in [1.29, 1.82) is 5.41 Å². The van der Waals surface area contributed by atoms with Crippen molar-refractivity contribution in [3.05, 3.63) is 40.7 Å². The van der Waals surface area contributed by atoms with E-state index in [2.05, 4.69) is 33.7 Å². The Balaban J connectivity index is 2.04. The normalized spacial score (nSPS) is 14.0. The van der Waals surface area contributed by atoms with Crippen LogP contribution in [-0.2, 0) is 15.8 Å². The average molecular weight is 514 g/mol. The van der Waals surface area contributed by atoms with Gasteiger partial charge in [0, 0.05) is 5.25 Å². The lowest BCUT2D eigenvalue weighted by molar-refractivity contribution is 0.154. The lowest BCUT2D eigenvalue weighted by Gasteiger charge is -2.20. The highest BCUT2D eigenvalue weighted by atomic mass is 32.2. The third-order valence-electron chi connectivity index (χ3n) is 4.75. The van der Waals surface area contributed by atoms with Gasteiger partial charge in [0.05, 0.1) is 12.6 Å². The third-order valence-corrected chi connectivity index (χ3v) is 7.21. The molecule has 0 spiro atoms. The Morgan fingerprint density at radius 2 is 1.94 bits per heavy atom. The first-order valence-corrected chi connectivity index (χ1v) is 13.5. The summed E-state index contributed by atoms with van der Waals surface area (Å²) in [7, 11) is -4.73. The third kappa shape index (κ3) is 7.10. The Morgan fingerprint density at radius 3 is 2.55 bits per heavy atom. The predicted molar refractivity (Wildman–Crippen MR) is 129 cm³/mol. The largest absolute Gasteiger partial charge is 0.471 e. The van der Waals surface area contributed by atoms with Crippen LogP contribution in [0.5, 0.6) is 0 Å². The van der Waals surface area contributed by atoms with Crippen LogP contribution in [0.15, 0.2) is 35.5 Å². The van der Waals surface area contributed by atoms with Gasteiger partial charge in [-0.2, -0.15) is 0 Å². The van der Waals surface area contributed by atoms with Crippen LogP contribution in [0.1, 0.15) is 38.0 Å². The number of anilines is 1.